The molecule has 0 aliphatic carbocycles. The molecule has 1 amide bonds. The molecule has 5 heteroatoms. The van der Waals surface area contributed by atoms with E-state index in [1.165, 1.54) is 23.5 Å². The fourth-order valence-electron chi connectivity index (χ4n) is 3.59. The van der Waals surface area contributed by atoms with Crippen molar-refractivity contribution < 1.29 is 9.18 Å². The minimum Gasteiger partial charge on any atom is -0.279 e. The molecule has 3 nitrogen and oxygen atoms in total. The summed E-state index contributed by atoms with van der Waals surface area (Å²) in [5.41, 5.74) is 4.39. The summed E-state index contributed by atoms with van der Waals surface area (Å²) in [5.74, 6) is -0.460. The summed E-state index contributed by atoms with van der Waals surface area (Å²) in [6, 6.07) is 31.9. The number of rotatable bonds is 5. The van der Waals surface area contributed by atoms with Crippen LogP contribution in [0.2, 0.25) is 0 Å². The molecule has 0 spiro atoms. The number of thiazole rings is 1. The largest absolute Gasteiger partial charge is 0.279 e. The molecule has 0 aliphatic heterocycles. The van der Waals surface area contributed by atoms with Gasteiger partial charge in [0, 0.05) is 5.56 Å². The maximum atomic E-state index is 13.7. The van der Waals surface area contributed by atoms with Crippen LogP contribution in [-0.2, 0) is 6.54 Å². The van der Waals surface area contributed by atoms with E-state index in [1.807, 2.05) is 84.9 Å². The molecule has 0 saturated carbocycles. The average Bonchev–Trinajstić information content (AvgIpc) is 3.26. The molecule has 5 aromatic rings. The van der Waals surface area contributed by atoms with Crippen LogP contribution in [0.3, 0.4) is 0 Å². The molecular weight excluding hydrogens is 419 g/mol. The Balaban J connectivity index is 1.51. The van der Waals surface area contributed by atoms with E-state index in [4.69, 9.17) is 0 Å². The lowest BCUT2D eigenvalue weighted by molar-refractivity contribution is 0.0985. The van der Waals surface area contributed by atoms with Gasteiger partial charge >= 0.3 is 0 Å². The zero-order chi connectivity index (χ0) is 21.9. The van der Waals surface area contributed by atoms with Gasteiger partial charge in [-0.15, -0.1) is 0 Å². The summed E-state index contributed by atoms with van der Waals surface area (Å²) < 4.78 is 14.4. The maximum absolute atomic E-state index is 13.7. The predicted octanol–water partition coefficient (Wildman–Crippen LogP) is 6.95. The fourth-order valence-corrected chi connectivity index (χ4v) is 4.57. The Morgan fingerprint density at radius 3 is 2.19 bits per heavy atom. The maximum Gasteiger partial charge on any atom is 0.260 e. The number of hydrogen-bond donors (Lipinski definition) is 0. The number of carbonyl (C=O) groups is 1. The molecule has 156 valence electrons. The number of nitrogens with zero attached hydrogens (tertiary/aromatic N) is 2. The monoisotopic (exact) mass is 438 g/mol. The second-order valence-electron chi connectivity index (χ2n) is 7.43. The van der Waals surface area contributed by atoms with Crippen molar-refractivity contribution >= 4 is 32.6 Å². The molecule has 5 rings (SSSR count). The van der Waals surface area contributed by atoms with E-state index in [0.717, 1.165) is 16.7 Å². The minimum atomic E-state index is -0.315. The van der Waals surface area contributed by atoms with Gasteiger partial charge in [0.15, 0.2) is 5.13 Å². The van der Waals surface area contributed by atoms with E-state index in [9.17, 15) is 9.18 Å². The molecule has 0 aliphatic rings. The molecule has 1 heterocycles. The van der Waals surface area contributed by atoms with Crippen LogP contribution in [0.25, 0.3) is 21.3 Å². The summed E-state index contributed by atoms with van der Waals surface area (Å²) in [4.78, 5) is 19.8. The fraction of sp³-hybridized carbons (Fsp3) is 0.0370. The molecule has 32 heavy (non-hydrogen) atoms. The van der Waals surface area contributed by atoms with Crippen LogP contribution in [0.5, 0.6) is 0 Å². The van der Waals surface area contributed by atoms with Crippen molar-refractivity contribution in [2.45, 2.75) is 6.54 Å². The zero-order valence-electron chi connectivity index (χ0n) is 17.1. The first-order chi connectivity index (χ1) is 15.7. The first kappa shape index (κ1) is 20.1. The first-order valence-electron chi connectivity index (χ1n) is 10.2. The number of benzene rings is 4. The second kappa shape index (κ2) is 8.73. The standard InChI is InChI=1S/C27H19FN2OS/c28-23-15-16-24-25(17-23)32-27(29-24)30(18-19-7-3-1-4-8-19)26(31)22-13-11-21(12-14-22)20-9-5-2-6-10-20/h1-17H,18H2. The third-order valence-electron chi connectivity index (χ3n) is 5.24. The van der Waals surface area contributed by atoms with Gasteiger partial charge in [0.05, 0.1) is 16.8 Å². The van der Waals surface area contributed by atoms with Crippen LogP contribution in [0.1, 0.15) is 15.9 Å². The quantitative estimate of drug-likeness (QED) is 0.297. The van der Waals surface area contributed by atoms with Crippen molar-refractivity contribution in [3.05, 3.63) is 120 Å². The highest BCUT2D eigenvalue weighted by molar-refractivity contribution is 7.22. The Morgan fingerprint density at radius 1 is 0.812 bits per heavy atom. The zero-order valence-corrected chi connectivity index (χ0v) is 17.9. The predicted molar refractivity (Wildman–Crippen MR) is 128 cm³/mol. The molecule has 1 aromatic heterocycles. The third-order valence-corrected chi connectivity index (χ3v) is 6.28. The van der Waals surface area contributed by atoms with Gasteiger partial charge in [0.2, 0.25) is 0 Å². The van der Waals surface area contributed by atoms with Crippen molar-refractivity contribution in [1.29, 1.82) is 0 Å². The average molecular weight is 439 g/mol. The van der Waals surface area contributed by atoms with Gasteiger partial charge in [-0.05, 0) is 47.0 Å². The molecular formula is C27H19FN2OS. The molecule has 0 atom stereocenters. The van der Waals surface area contributed by atoms with Crippen LogP contribution in [0, 0.1) is 5.82 Å². The van der Waals surface area contributed by atoms with Crippen LogP contribution >= 0.6 is 11.3 Å². The smallest absolute Gasteiger partial charge is 0.260 e. The lowest BCUT2D eigenvalue weighted by Gasteiger charge is -2.20. The van der Waals surface area contributed by atoms with Gasteiger partial charge < -0.3 is 0 Å². The van der Waals surface area contributed by atoms with Crippen molar-refractivity contribution in [1.82, 2.24) is 4.98 Å². The normalized spacial score (nSPS) is 10.9. The number of hydrogen-bond acceptors (Lipinski definition) is 3. The van der Waals surface area contributed by atoms with Crippen molar-refractivity contribution in [2.75, 3.05) is 4.90 Å². The van der Waals surface area contributed by atoms with E-state index in [-0.39, 0.29) is 11.7 Å². The number of anilines is 1. The van der Waals surface area contributed by atoms with E-state index in [1.54, 1.807) is 11.0 Å². The van der Waals surface area contributed by atoms with Crippen molar-refractivity contribution in [3.63, 3.8) is 0 Å². The molecule has 4 aromatic carbocycles. The third kappa shape index (κ3) is 4.15. The Hall–Kier alpha value is -3.83. The van der Waals surface area contributed by atoms with Crippen molar-refractivity contribution in [2.24, 2.45) is 0 Å². The molecule has 0 N–H and O–H groups in total. The summed E-state index contributed by atoms with van der Waals surface area (Å²) >= 11 is 1.32. The topological polar surface area (TPSA) is 33.2 Å². The van der Waals surface area contributed by atoms with Gasteiger partial charge in [0.25, 0.3) is 5.91 Å². The number of halogens is 1. The Bertz CT molecular complexity index is 1370. The highest BCUT2D eigenvalue weighted by atomic mass is 32.1. The van der Waals surface area contributed by atoms with E-state index in [0.29, 0.717) is 27.5 Å². The second-order valence-corrected chi connectivity index (χ2v) is 8.44. The highest BCUT2D eigenvalue weighted by Crippen LogP contribution is 2.31. The Labute approximate surface area is 189 Å². The SMILES string of the molecule is O=C(c1ccc(-c2ccccc2)cc1)N(Cc1ccccc1)c1nc2ccc(F)cc2s1. The lowest BCUT2D eigenvalue weighted by Crippen LogP contribution is -2.30. The summed E-state index contributed by atoms with van der Waals surface area (Å²) in [6.45, 7) is 0.377. The number of amides is 1. The number of aromatic nitrogens is 1. The minimum absolute atomic E-state index is 0.145. The van der Waals surface area contributed by atoms with Crippen molar-refractivity contribution in [3.8, 4) is 11.1 Å². The van der Waals surface area contributed by atoms with E-state index >= 15 is 0 Å². The molecule has 0 bridgehead atoms. The number of fused-ring (bicyclic) bond motifs is 1. The first-order valence-corrected chi connectivity index (χ1v) is 11.1. The Kier molecular flexibility index (Phi) is 5.48. The van der Waals surface area contributed by atoms with Gasteiger partial charge in [-0.25, -0.2) is 9.37 Å². The summed E-state index contributed by atoms with van der Waals surface area (Å²) in [7, 11) is 0. The molecule has 0 unspecified atom stereocenters. The van der Waals surface area contributed by atoms with Gasteiger partial charge in [-0.2, -0.15) is 0 Å². The van der Waals surface area contributed by atoms with Gasteiger partial charge in [0.1, 0.15) is 5.82 Å². The van der Waals surface area contributed by atoms with Gasteiger partial charge in [-0.1, -0.05) is 84.1 Å². The molecule has 0 fully saturated rings. The van der Waals surface area contributed by atoms with Crippen LogP contribution in [0.4, 0.5) is 9.52 Å². The van der Waals surface area contributed by atoms with Crippen LogP contribution < -0.4 is 4.90 Å². The van der Waals surface area contributed by atoms with E-state index < -0.39 is 0 Å². The van der Waals surface area contributed by atoms with Crippen LogP contribution in [-0.4, -0.2) is 10.9 Å². The molecule has 0 saturated heterocycles. The van der Waals surface area contributed by atoms with Gasteiger partial charge in [-0.3, -0.25) is 9.69 Å². The van der Waals surface area contributed by atoms with Crippen LogP contribution in [0.15, 0.2) is 103 Å². The lowest BCUT2D eigenvalue weighted by atomic mass is 10.0. The number of carbonyl (C=O) groups excluding carboxylic acids is 1. The highest BCUT2D eigenvalue weighted by Gasteiger charge is 2.22. The van der Waals surface area contributed by atoms with E-state index in [2.05, 4.69) is 4.98 Å². The Morgan fingerprint density at radius 2 is 1.47 bits per heavy atom. The summed E-state index contributed by atoms with van der Waals surface area (Å²) in [5, 5.41) is 0.548. The molecule has 0 radical (unpaired) electrons. The summed E-state index contributed by atoms with van der Waals surface area (Å²) in [6.07, 6.45) is 0.